The molecule has 0 fully saturated rings. The fourth-order valence-corrected chi connectivity index (χ4v) is 1.50. The average molecular weight is 318 g/mol. The molecule has 132 valence electrons. The van der Waals surface area contributed by atoms with Gasteiger partial charge in [0, 0.05) is 39.6 Å². The molecular formula is C17H34O5. The highest BCUT2D eigenvalue weighted by Gasteiger charge is 1.94. The molecule has 0 rings (SSSR count). The lowest BCUT2D eigenvalue weighted by Crippen LogP contribution is -2.07. The molecule has 0 unspecified atom stereocenters. The molecular weight excluding hydrogens is 284 g/mol. The van der Waals surface area contributed by atoms with Gasteiger partial charge in [0.15, 0.2) is 0 Å². The molecule has 0 heterocycles. The Kier molecular flexibility index (Phi) is 18.2. The largest absolute Gasteiger partial charge is 0.381 e. The van der Waals surface area contributed by atoms with Crippen LogP contribution in [0, 0.1) is 0 Å². The molecule has 5 heteroatoms. The molecule has 0 saturated heterocycles. The van der Waals surface area contributed by atoms with Crippen LogP contribution < -0.4 is 0 Å². The van der Waals surface area contributed by atoms with Crippen molar-refractivity contribution in [3.8, 4) is 0 Å². The number of hydrogen-bond donors (Lipinski definition) is 0. The zero-order valence-corrected chi connectivity index (χ0v) is 14.4. The molecule has 5 nitrogen and oxygen atoms in total. The first-order valence-corrected chi connectivity index (χ1v) is 8.39. The molecule has 0 aliphatic heterocycles. The summed E-state index contributed by atoms with van der Waals surface area (Å²) in [5.74, 6) is 0. The predicted octanol–water partition coefficient (Wildman–Crippen LogP) is 3.53. The molecule has 0 spiro atoms. The van der Waals surface area contributed by atoms with Crippen LogP contribution in [0.25, 0.3) is 0 Å². The molecule has 22 heavy (non-hydrogen) atoms. The molecule has 0 aromatic carbocycles. The topological polar surface area (TPSA) is 46.2 Å². The van der Waals surface area contributed by atoms with Crippen LogP contribution in [0.15, 0.2) is 12.2 Å². The van der Waals surface area contributed by atoms with Crippen LogP contribution in [-0.4, -0.2) is 52.9 Å². The number of rotatable bonds is 18. The Labute approximate surface area is 135 Å². The highest BCUT2D eigenvalue weighted by molar-refractivity contribution is 4.86. The molecule has 0 aromatic rings. The van der Waals surface area contributed by atoms with E-state index < -0.39 is 0 Å². The van der Waals surface area contributed by atoms with Gasteiger partial charge in [-0.2, -0.15) is 0 Å². The maximum Gasteiger partial charge on any atom is 0.103 e. The summed E-state index contributed by atoms with van der Waals surface area (Å²) in [5, 5.41) is 0. The normalized spacial score (nSPS) is 11.0. The van der Waals surface area contributed by atoms with Gasteiger partial charge in [-0.15, -0.1) is 0 Å². The summed E-state index contributed by atoms with van der Waals surface area (Å²) in [6.45, 7) is 13.3. The third-order valence-electron chi connectivity index (χ3n) is 2.70. The van der Waals surface area contributed by atoms with Crippen LogP contribution in [0.2, 0.25) is 0 Å². The standard InChI is InChI=1S/C17H34O5/c1-4-5-9-18-10-6-11-19-12-7-13-20-14-8-15-21-22-16-17(2)3/h2,4-16H2,1,3H3. The first kappa shape index (κ1) is 21.5. The van der Waals surface area contributed by atoms with Crippen molar-refractivity contribution in [2.24, 2.45) is 0 Å². The van der Waals surface area contributed by atoms with Crippen molar-refractivity contribution in [2.45, 2.75) is 46.0 Å². The van der Waals surface area contributed by atoms with E-state index in [1.165, 1.54) is 6.42 Å². The fraction of sp³-hybridized carbons (Fsp3) is 0.882. The van der Waals surface area contributed by atoms with E-state index in [2.05, 4.69) is 13.5 Å². The van der Waals surface area contributed by atoms with E-state index in [0.717, 1.165) is 64.3 Å². The third-order valence-corrected chi connectivity index (χ3v) is 2.70. The van der Waals surface area contributed by atoms with Crippen LogP contribution in [0.4, 0.5) is 0 Å². The maximum atomic E-state index is 5.51. The summed E-state index contributed by atoms with van der Waals surface area (Å²) >= 11 is 0. The van der Waals surface area contributed by atoms with E-state index in [1.807, 2.05) is 6.92 Å². The lowest BCUT2D eigenvalue weighted by molar-refractivity contribution is -0.289. The maximum absolute atomic E-state index is 5.51. The van der Waals surface area contributed by atoms with Crippen LogP contribution in [0.5, 0.6) is 0 Å². The molecule has 0 bridgehead atoms. The van der Waals surface area contributed by atoms with E-state index in [1.54, 1.807) is 0 Å². The lowest BCUT2D eigenvalue weighted by atomic mass is 10.4. The van der Waals surface area contributed by atoms with Crippen LogP contribution >= 0.6 is 0 Å². The van der Waals surface area contributed by atoms with Crippen molar-refractivity contribution < 1.29 is 24.0 Å². The van der Waals surface area contributed by atoms with Crippen molar-refractivity contribution in [3.63, 3.8) is 0 Å². The number of hydrogen-bond acceptors (Lipinski definition) is 5. The Morgan fingerprint density at radius 1 is 0.682 bits per heavy atom. The van der Waals surface area contributed by atoms with Gasteiger partial charge >= 0.3 is 0 Å². The molecule has 0 amide bonds. The molecule has 0 aliphatic rings. The van der Waals surface area contributed by atoms with E-state index in [-0.39, 0.29) is 0 Å². The lowest BCUT2D eigenvalue weighted by Gasteiger charge is -2.07. The van der Waals surface area contributed by atoms with Crippen LogP contribution in [-0.2, 0) is 24.0 Å². The third kappa shape index (κ3) is 19.5. The second-order valence-electron chi connectivity index (χ2n) is 5.29. The Morgan fingerprint density at radius 3 is 1.59 bits per heavy atom. The minimum atomic E-state index is 0.446. The quantitative estimate of drug-likeness (QED) is 0.167. The highest BCUT2D eigenvalue weighted by atomic mass is 17.2. The molecule has 0 N–H and O–H groups in total. The van der Waals surface area contributed by atoms with E-state index in [4.69, 9.17) is 24.0 Å². The van der Waals surface area contributed by atoms with Gasteiger partial charge in [0.1, 0.15) is 6.61 Å². The van der Waals surface area contributed by atoms with Gasteiger partial charge < -0.3 is 14.2 Å². The van der Waals surface area contributed by atoms with Gasteiger partial charge in [-0.3, -0.25) is 0 Å². The van der Waals surface area contributed by atoms with Gasteiger partial charge in [0.05, 0.1) is 6.61 Å². The molecule has 0 aliphatic carbocycles. The summed E-state index contributed by atoms with van der Waals surface area (Å²) in [5.41, 5.74) is 0.948. The summed E-state index contributed by atoms with van der Waals surface area (Å²) in [7, 11) is 0. The second-order valence-corrected chi connectivity index (χ2v) is 5.29. The molecule has 0 atom stereocenters. The second kappa shape index (κ2) is 18.6. The molecule has 0 radical (unpaired) electrons. The zero-order valence-electron chi connectivity index (χ0n) is 14.4. The van der Waals surface area contributed by atoms with E-state index in [0.29, 0.717) is 19.8 Å². The smallest absolute Gasteiger partial charge is 0.103 e. The van der Waals surface area contributed by atoms with Crippen molar-refractivity contribution in [1.82, 2.24) is 0 Å². The van der Waals surface area contributed by atoms with Gasteiger partial charge in [0.25, 0.3) is 0 Å². The van der Waals surface area contributed by atoms with Gasteiger partial charge in [-0.25, -0.2) is 9.78 Å². The van der Waals surface area contributed by atoms with Gasteiger partial charge in [0.2, 0.25) is 0 Å². The SMILES string of the molecule is C=C(C)COOCCCOCCCOCCCOCCCC. The summed E-state index contributed by atoms with van der Waals surface area (Å²) in [6, 6.07) is 0. The van der Waals surface area contributed by atoms with Crippen LogP contribution in [0.1, 0.15) is 46.0 Å². The molecule has 0 aromatic heterocycles. The predicted molar refractivity (Wildman–Crippen MR) is 87.9 cm³/mol. The number of ether oxygens (including phenoxy) is 3. The van der Waals surface area contributed by atoms with Crippen molar-refractivity contribution in [2.75, 3.05) is 52.9 Å². The Balaban J connectivity index is 2.95. The monoisotopic (exact) mass is 318 g/mol. The van der Waals surface area contributed by atoms with Crippen molar-refractivity contribution in [3.05, 3.63) is 12.2 Å². The van der Waals surface area contributed by atoms with Gasteiger partial charge in [-0.1, -0.05) is 25.5 Å². The zero-order chi connectivity index (χ0) is 16.3. The van der Waals surface area contributed by atoms with Crippen molar-refractivity contribution >= 4 is 0 Å². The summed E-state index contributed by atoms with van der Waals surface area (Å²) in [4.78, 5) is 9.90. The average Bonchev–Trinajstić information content (AvgIpc) is 2.50. The van der Waals surface area contributed by atoms with Gasteiger partial charge in [-0.05, 0) is 32.6 Å². The van der Waals surface area contributed by atoms with Crippen LogP contribution in [0.3, 0.4) is 0 Å². The molecule has 0 saturated carbocycles. The Morgan fingerprint density at radius 2 is 1.14 bits per heavy atom. The summed E-state index contributed by atoms with van der Waals surface area (Å²) < 4.78 is 16.4. The van der Waals surface area contributed by atoms with Crippen molar-refractivity contribution in [1.29, 1.82) is 0 Å². The highest BCUT2D eigenvalue weighted by Crippen LogP contribution is 1.94. The fourth-order valence-electron chi connectivity index (χ4n) is 1.50. The minimum absolute atomic E-state index is 0.446. The van der Waals surface area contributed by atoms with E-state index in [9.17, 15) is 0 Å². The number of unbranched alkanes of at least 4 members (excludes halogenated alkanes) is 1. The van der Waals surface area contributed by atoms with E-state index >= 15 is 0 Å². The Hall–Kier alpha value is -0.460. The summed E-state index contributed by atoms with van der Waals surface area (Å²) in [6.07, 6.45) is 5.04. The first-order chi connectivity index (χ1) is 10.8. The first-order valence-electron chi connectivity index (χ1n) is 8.39. The minimum Gasteiger partial charge on any atom is -0.381 e. The Bertz CT molecular complexity index is 233.